The van der Waals surface area contributed by atoms with Crippen molar-refractivity contribution >= 4 is 23.3 Å². The topological polar surface area (TPSA) is 87.7 Å². The number of rotatable bonds is 4. The molecule has 17 heavy (non-hydrogen) atoms. The van der Waals surface area contributed by atoms with Crippen LogP contribution in [0.1, 0.15) is 17.3 Å². The van der Waals surface area contributed by atoms with Crippen molar-refractivity contribution in [3.63, 3.8) is 0 Å². The SMILES string of the molecule is CC(CNC(=O)c1ccc(Cl)cc1)C(N)=NO. The van der Waals surface area contributed by atoms with Crippen LogP contribution in [-0.2, 0) is 0 Å². The number of benzene rings is 1. The lowest BCUT2D eigenvalue weighted by molar-refractivity contribution is 0.0951. The molecule has 1 aromatic carbocycles. The number of hydrogen-bond acceptors (Lipinski definition) is 3. The second-order valence-electron chi connectivity index (χ2n) is 3.64. The van der Waals surface area contributed by atoms with Crippen LogP contribution in [0.15, 0.2) is 29.4 Å². The predicted octanol–water partition coefficient (Wildman–Crippen LogP) is 1.45. The molecule has 0 aromatic heterocycles. The van der Waals surface area contributed by atoms with Crippen molar-refractivity contribution in [1.82, 2.24) is 5.32 Å². The molecule has 0 aliphatic carbocycles. The number of oxime groups is 1. The first kappa shape index (κ1) is 13.3. The van der Waals surface area contributed by atoms with Gasteiger partial charge in [0, 0.05) is 23.0 Å². The number of halogens is 1. The molecule has 1 rings (SSSR count). The third kappa shape index (κ3) is 3.96. The molecule has 0 saturated heterocycles. The molecule has 1 unspecified atom stereocenters. The van der Waals surface area contributed by atoms with Gasteiger partial charge >= 0.3 is 0 Å². The van der Waals surface area contributed by atoms with E-state index in [1.165, 1.54) is 0 Å². The Morgan fingerprint density at radius 2 is 2.12 bits per heavy atom. The maximum Gasteiger partial charge on any atom is 0.251 e. The smallest absolute Gasteiger partial charge is 0.251 e. The molecule has 0 bridgehead atoms. The van der Waals surface area contributed by atoms with Crippen LogP contribution in [0.4, 0.5) is 0 Å². The van der Waals surface area contributed by atoms with E-state index in [0.717, 1.165) is 0 Å². The minimum Gasteiger partial charge on any atom is -0.409 e. The van der Waals surface area contributed by atoms with Gasteiger partial charge in [0.25, 0.3) is 5.91 Å². The monoisotopic (exact) mass is 255 g/mol. The predicted molar refractivity (Wildman–Crippen MR) is 66.4 cm³/mol. The summed E-state index contributed by atoms with van der Waals surface area (Å²) in [5.41, 5.74) is 5.91. The standard InChI is InChI=1S/C11H14ClN3O2/c1-7(10(13)15-17)6-14-11(16)8-2-4-9(12)5-3-8/h2-5,7,17H,6H2,1H3,(H2,13,15)(H,14,16). The van der Waals surface area contributed by atoms with Crippen LogP contribution >= 0.6 is 11.6 Å². The molecule has 0 aliphatic heterocycles. The summed E-state index contributed by atoms with van der Waals surface area (Å²) in [6, 6.07) is 6.55. The maximum atomic E-state index is 11.7. The summed E-state index contributed by atoms with van der Waals surface area (Å²) in [6.45, 7) is 2.05. The summed E-state index contributed by atoms with van der Waals surface area (Å²) in [5.74, 6) is -0.364. The average molecular weight is 256 g/mol. The third-order valence-corrected chi connectivity index (χ3v) is 2.55. The first-order chi connectivity index (χ1) is 8.04. The molecular formula is C11H14ClN3O2. The number of amidine groups is 1. The van der Waals surface area contributed by atoms with Gasteiger partial charge in [0.2, 0.25) is 0 Å². The van der Waals surface area contributed by atoms with E-state index in [1.807, 2.05) is 0 Å². The van der Waals surface area contributed by atoms with E-state index in [4.69, 9.17) is 22.5 Å². The summed E-state index contributed by atoms with van der Waals surface area (Å²) in [5, 5.41) is 14.6. The van der Waals surface area contributed by atoms with Crippen molar-refractivity contribution in [2.24, 2.45) is 16.8 Å². The van der Waals surface area contributed by atoms with E-state index in [2.05, 4.69) is 10.5 Å². The van der Waals surface area contributed by atoms with Gasteiger partial charge in [-0.2, -0.15) is 0 Å². The number of hydrogen-bond donors (Lipinski definition) is 3. The molecule has 1 amide bonds. The quantitative estimate of drug-likeness (QED) is 0.329. The van der Waals surface area contributed by atoms with Gasteiger partial charge in [0.1, 0.15) is 5.84 Å². The highest BCUT2D eigenvalue weighted by molar-refractivity contribution is 6.30. The van der Waals surface area contributed by atoms with E-state index in [1.54, 1.807) is 31.2 Å². The Bertz CT molecular complexity index is 417. The van der Waals surface area contributed by atoms with Crippen LogP contribution in [0.5, 0.6) is 0 Å². The molecular weight excluding hydrogens is 242 g/mol. The molecule has 92 valence electrons. The Balaban J connectivity index is 2.53. The van der Waals surface area contributed by atoms with E-state index in [-0.39, 0.29) is 17.7 Å². The Hall–Kier alpha value is -1.75. The Kier molecular flexibility index (Phi) is 4.78. The first-order valence-electron chi connectivity index (χ1n) is 5.05. The van der Waals surface area contributed by atoms with Crippen molar-refractivity contribution in [2.45, 2.75) is 6.92 Å². The van der Waals surface area contributed by atoms with Crippen LogP contribution in [0.2, 0.25) is 5.02 Å². The van der Waals surface area contributed by atoms with Crippen LogP contribution in [0.3, 0.4) is 0 Å². The van der Waals surface area contributed by atoms with E-state index in [0.29, 0.717) is 17.1 Å². The lowest BCUT2D eigenvalue weighted by atomic mass is 10.1. The van der Waals surface area contributed by atoms with Crippen molar-refractivity contribution in [3.05, 3.63) is 34.9 Å². The van der Waals surface area contributed by atoms with Crippen molar-refractivity contribution in [3.8, 4) is 0 Å². The zero-order valence-corrected chi connectivity index (χ0v) is 10.1. The minimum atomic E-state index is -0.226. The van der Waals surface area contributed by atoms with Gasteiger partial charge in [-0.05, 0) is 24.3 Å². The molecule has 1 aromatic rings. The largest absolute Gasteiger partial charge is 0.409 e. The second-order valence-corrected chi connectivity index (χ2v) is 4.08. The lowest BCUT2D eigenvalue weighted by Gasteiger charge is -2.10. The second kappa shape index (κ2) is 6.10. The molecule has 0 spiro atoms. The third-order valence-electron chi connectivity index (χ3n) is 2.30. The number of nitrogens with one attached hydrogen (secondary N) is 1. The summed E-state index contributed by atoms with van der Waals surface area (Å²) < 4.78 is 0. The van der Waals surface area contributed by atoms with Crippen molar-refractivity contribution in [2.75, 3.05) is 6.54 Å². The number of carbonyl (C=O) groups is 1. The Morgan fingerprint density at radius 1 is 1.53 bits per heavy atom. The van der Waals surface area contributed by atoms with E-state index >= 15 is 0 Å². The number of carbonyl (C=O) groups excluding carboxylic acids is 1. The normalized spacial score (nSPS) is 13.2. The Morgan fingerprint density at radius 3 is 2.65 bits per heavy atom. The van der Waals surface area contributed by atoms with E-state index < -0.39 is 0 Å². The Labute approximate surface area is 104 Å². The molecule has 0 radical (unpaired) electrons. The molecule has 6 heteroatoms. The average Bonchev–Trinajstić information content (AvgIpc) is 2.35. The zero-order valence-electron chi connectivity index (χ0n) is 9.35. The minimum absolute atomic E-state index is 0.0846. The molecule has 4 N–H and O–H groups in total. The number of nitrogens with two attached hydrogens (primary N) is 1. The summed E-state index contributed by atoms with van der Waals surface area (Å²) >= 11 is 5.71. The molecule has 1 atom stereocenters. The van der Waals surface area contributed by atoms with Crippen LogP contribution in [-0.4, -0.2) is 23.5 Å². The highest BCUT2D eigenvalue weighted by Crippen LogP contribution is 2.09. The van der Waals surface area contributed by atoms with Gasteiger partial charge in [0.15, 0.2) is 0 Å². The van der Waals surface area contributed by atoms with E-state index in [9.17, 15) is 4.79 Å². The number of nitrogens with zero attached hydrogens (tertiary/aromatic N) is 1. The van der Waals surface area contributed by atoms with Gasteiger partial charge in [0.05, 0.1) is 0 Å². The molecule has 0 saturated carbocycles. The molecule has 0 heterocycles. The molecule has 5 nitrogen and oxygen atoms in total. The highest BCUT2D eigenvalue weighted by atomic mass is 35.5. The first-order valence-corrected chi connectivity index (χ1v) is 5.43. The van der Waals surface area contributed by atoms with Crippen LogP contribution < -0.4 is 11.1 Å². The van der Waals surface area contributed by atoms with Crippen LogP contribution in [0, 0.1) is 5.92 Å². The summed E-state index contributed by atoms with van der Waals surface area (Å²) in [7, 11) is 0. The van der Waals surface area contributed by atoms with Gasteiger partial charge in [-0.3, -0.25) is 4.79 Å². The number of amides is 1. The fourth-order valence-electron chi connectivity index (χ4n) is 1.15. The van der Waals surface area contributed by atoms with Gasteiger partial charge < -0.3 is 16.3 Å². The zero-order chi connectivity index (χ0) is 12.8. The van der Waals surface area contributed by atoms with Gasteiger partial charge in [-0.15, -0.1) is 0 Å². The van der Waals surface area contributed by atoms with Crippen molar-refractivity contribution < 1.29 is 10.0 Å². The molecule has 0 fully saturated rings. The summed E-state index contributed by atoms with van der Waals surface area (Å²) in [6.07, 6.45) is 0. The maximum absolute atomic E-state index is 11.7. The van der Waals surface area contributed by atoms with Crippen LogP contribution in [0.25, 0.3) is 0 Å². The van der Waals surface area contributed by atoms with Crippen molar-refractivity contribution in [1.29, 1.82) is 0 Å². The lowest BCUT2D eigenvalue weighted by Crippen LogP contribution is -2.34. The van der Waals surface area contributed by atoms with Gasteiger partial charge in [-0.1, -0.05) is 23.7 Å². The highest BCUT2D eigenvalue weighted by Gasteiger charge is 2.10. The summed E-state index contributed by atoms with van der Waals surface area (Å²) in [4.78, 5) is 11.7. The fraction of sp³-hybridized carbons (Fsp3) is 0.273. The molecule has 0 aliphatic rings. The fourth-order valence-corrected chi connectivity index (χ4v) is 1.28. The van der Waals surface area contributed by atoms with Gasteiger partial charge in [-0.25, -0.2) is 0 Å².